The van der Waals surface area contributed by atoms with E-state index in [0.717, 1.165) is 16.1 Å². The van der Waals surface area contributed by atoms with Crippen LogP contribution in [0.1, 0.15) is 20.9 Å². The lowest BCUT2D eigenvalue weighted by atomic mass is 10.1. The first kappa shape index (κ1) is 9.48. The molecule has 0 saturated heterocycles. The molecule has 0 amide bonds. The fraction of sp³-hybridized carbons (Fsp3) is 0.222. The van der Waals surface area contributed by atoms with Gasteiger partial charge in [-0.25, -0.2) is 0 Å². The third kappa shape index (κ3) is 2.05. The molecule has 0 fully saturated rings. The van der Waals surface area contributed by atoms with E-state index in [0.29, 0.717) is 6.42 Å². The Morgan fingerprint density at radius 1 is 1.50 bits per heavy atom. The van der Waals surface area contributed by atoms with E-state index in [1.165, 1.54) is 11.5 Å². The second-order valence-corrected chi connectivity index (χ2v) is 4.67. The van der Waals surface area contributed by atoms with Crippen LogP contribution in [0, 0.1) is 6.92 Å². The van der Waals surface area contributed by atoms with Gasteiger partial charge >= 0.3 is 0 Å². The van der Waals surface area contributed by atoms with Crippen molar-refractivity contribution >= 4 is 28.7 Å². The van der Waals surface area contributed by atoms with Gasteiger partial charge in [0.05, 0.1) is 12.1 Å². The summed E-state index contributed by atoms with van der Waals surface area (Å²) in [6.07, 6.45) is 0.354. The first-order valence-electron chi connectivity index (χ1n) is 4.10. The van der Waals surface area contributed by atoms with E-state index in [4.69, 9.17) is 0 Å². The number of hydrogen-bond acceptors (Lipinski definition) is 5. The number of aromatic nitrogens is 2. The third-order valence-electron chi connectivity index (χ3n) is 1.80. The summed E-state index contributed by atoms with van der Waals surface area (Å²) >= 11 is 2.86. The quantitative estimate of drug-likeness (QED) is 0.751. The molecule has 72 valence electrons. The van der Waals surface area contributed by atoms with E-state index >= 15 is 0 Å². The van der Waals surface area contributed by atoms with Gasteiger partial charge in [-0.3, -0.25) is 4.79 Å². The molecule has 0 bridgehead atoms. The molecule has 0 aliphatic rings. The summed E-state index contributed by atoms with van der Waals surface area (Å²) in [4.78, 5) is 12.8. The lowest BCUT2D eigenvalue weighted by molar-refractivity contribution is 0.0992. The number of thiophene rings is 1. The molecule has 2 aromatic rings. The van der Waals surface area contributed by atoms with Gasteiger partial charge in [0, 0.05) is 21.2 Å². The van der Waals surface area contributed by atoms with Gasteiger partial charge < -0.3 is 0 Å². The molecule has 3 nitrogen and oxygen atoms in total. The first-order chi connectivity index (χ1) is 6.75. The van der Waals surface area contributed by atoms with Crippen LogP contribution in [0.5, 0.6) is 0 Å². The zero-order valence-corrected chi connectivity index (χ0v) is 9.19. The molecular weight excluding hydrogens is 216 g/mol. The summed E-state index contributed by atoms with van der Waals surface area (Å²) < 4.78 is 3.72. The summed E-state index contributed by atoms with van der Waals surface area (Å²) in [5.41, 5.74) is 1.53. The maximum Gasteiger partial charge on any atom is 0.169 e. The molecule has 14 heavy (non-hydrogen) atoms. The van der Waals surface area contributed by atoms with Crippen molar-refractivity contribution in [3.63, 3.8) is 0 Å². The van der Waals surface area contributed by atoms with Crippen molar-refractivity contribution < 1.29 is 4.79 Å². The summed E-state index contributed by atoms with van der Waals surface area (Å²) in [6, 6.07) is 1.91. The van der Waals surface area contributed by atoms with Crippen molar-refractivity contribution in [3.8, 4) is 0 Å². The molecule has 0 atom stereocenters. The van der Waals surface area contributed by atoms with Crippen LogP contribution < -0.4 is 0 Å². The van der Waals surface area contributed by atoms with Crippen LogP contribution in [0.4, 0.5) is 0 Å². The van der Waals surface area contributed by atoms with Crippen LogP contribution in [0.2, 0.25) is 0 Å². The number of carbonyl (C=O) groups is 1. The van der Waals surface area contributed by atoms with Crippen LogP contribution in [-0.2, 0) is 6.42 Å². The second-order valence-electron chi connectivity index (χ2n) is 2.94. The topological polar surface area (TPSA) is 42.9 Å². The highest BCUT2D eigenvalue weighted by molar-refractivity contribution is 7.10. The average Bonchev–Trinajstić information content (AvgIpc) is 2.75. The highest BCUT2D eigenvalue weighted by Crippen LogP contribution is 2.15. The zero-order chi connectivity index (χ0) is 9.97. The van der Waals surface area contributed by atoms with Gasteiger partial charge in [0.1, 0.15) is 0 Å². The summed E-state index contributed by atoms with van der Waals surface area (Å²) in [7, 11) is 0. The summed E-state index contributed by atoms with van der Waals surface area (Å²) in [6.45, 7) is 1.99. The number of carbonyl (C=O) groups excluding carboxylic acids is 1. The summed E-state index contributed by atoms with van der Waals surface area (Å²) in [5, 5.41) is 7.53. The largest absolute Gasteiger partial charge is 0.294 e. The van der Waals surface area contributed by atoms with Crippen molar-refractivity contribution in [1.82, 2.24) is 9.59 Å². The Morgan fingerprint density at radius 2 is 2.36 bits per heavy atom. The van der Waals surface area contributed by atoms with Crippen molar-refractivity contribution in [2.75, 3.05) is 0 Å². The van der Waals surface area contributed by atoms with Crippen LogP contribution in [-0.4, -0.2) is 15.4 Å². The minimum absolute atomic E-state index is 0.113. The molecule has 0 aromatic carbocycles. The minimum Gasteiger partial charge on any atom is -0.294 e. The Balaban J connectivity index is 2.10. The maximum atomic E-state index is 11.7. The van der Waals surface area contributed by atoms with Gasteiger partial charge in [0.2, 0.25) is 0 Å². The standard InChI is InChI=1S/C9H8N2OS2/c1-6-2-7(4-13-6)9(12)3-8-5-14-11-10-8/h2,4-5H,3H2,1H3. The van der Waals surface area contributed by atoms with Crippen molar-refractivity contribution in [2.45, 2.75) is 13.3 Å². The fourth-order valence-corrected chi connectivity index (χ4v) is 2.28. The van der Waals surface area contributed by atoms with E-state index in [2.05, 4.69) is 9.59 Å². The molecule has 0 aliphatic carbocycles. The minimum atomic E-state index is 0.113. The van der Waals surface area contributed by atoms with E-state index in [9.17, 15) is 4.79 Å². The highest BCUT2D eigenvalue weighted by Gasteiger charge is 2.09. The van der Waals surface area contributed by atoms with Crippen LogP contribution in [0.15, 0.2) is 16.8 Å². The van der Waals surface area contributed by atoms with Gasteiger partial charge in [-0.05, 0) is 24.5 Å². The smallest absolute Gasteiger partial charge is 0.169 e. The van der Waals surface area contributed by atoms with Gasteiger partial charge in [-0.1, -0.05) is 4.49 Å². The van der Waals surface area contributed by atoms with Crippen molar-refractivity contribution in [1.29, 1.82) is 0 Å². The number of nitrogens with zero attached hydrogens (tertiary/aromatic N) is 2. The van der Waals surface area contributed by atoms with E-state index in [1.54, 1.807) is 16.7 Å². The number of ketones is 1. The summed E-state index contributed by atoms with van der Waals surface area (Å²) in [5.74, 6) is 0.113. The second kappa shape index (κ2) is 3.98. The molecule has 2 rings (SSSR count). The van der Waals surface area contributed by atoms with E-state index < -0.39 is 0 Å². The Morgan fingerprint density at radius 3 is 2.93 bits per heavy atom. The number of rotatable bonds is 3. The third-order valence-corrected chi connectivity index (χ3v) is 3.21. The predicted octanol–water partition coefficient (Wildman–Crippen LogP) is 2.33. The zero-order valence-electron chi connectivity index (χ0n) is 7.56. The van der Waals surface area contributed by atoms with Gasteiger partial charge in [0.25, 0.3) is 0 Å². The van der Waals surface area contributed by atoms with Crippen LogP contribution >= 0.6 is 22.9 Å². The molecule has 0 aliphatic heterocycles. The van der Waals surface area contributed by atoms with E-state index in [1.807, 2.05) is 18.4 Å². The molecule has 0 spiro atoms. The van der Waals surface area contributed by atoms with Crippen molar-refractivity contribution in [3.05, 3.63) is 33.0 Å². The normalized spacial score (nSPS) is 10.4. The first-order valence-corrected chi connectivity index (χ1v) is 5.81. The molecule has 2 heterocycles. The molecule has 0 N–H and O–H groups in total. The number of aryl methyl sites for hydroxylation is 1. The van der Waals surface area contributed by atoms with Crippen LogP contribution in [0.3, 0.4) is 0 Å². The molecule has 5 heteroatoms. The molecule has 0 saturated carbocycles. The fourth-order valence-electron chi connectivity index (χ4n) is 1.12. The predicted molar refractivity (Wildman–Crippen MR) is 57.0 cm³/mol. The van der Waals surface area contributed by atoms with Gasteiger partial charge in [0.15, 0.2) is 5.78 Å². The monoisotopic (exact) mass is 224 g/mol. The molecule has 2 aromatic heterocycles. The van der Waals surface area contributed by atoms with E-state index in [-0.39, 0.29) is 5.78 Å². The average molecular weight is 224 g/mol. The number of Topliss-reactive ketones (excluding diaryl/α,β-unsaturated/α-hetero) is 1. The van der Waals surface area contributed by atoms with Crippen LogP contribution in [0.25, 0.3) is 0 Å². The Kier molecular flexibility index (Phi) is 2.69. The Hall–Kier alpha value is -1.07. The highest BCUT2D eigenvalue weighted by atomic mass is 32.1. The Labute approximate surface area is 89.6 Å². The lowest BCUT2D eigenvalue weighted by Gasteiger charge is -1.92. The SMILES string of the molecule is Cc1cc(C(=O)Cc2csnn2)cs1. The van der Waals surface area contributed by atoms with Gasteiger partial charge in [-0.2, -0.15) is 0 Å². The Bertz CT molecular complexity index is 433. The van der Waals surface area contributed by atoms with Crippen molar-refractivity contribution in [2.24, 2.45) is 0 Å². The maximum absolute atomic E-state index is 11.7. The molecular formula is C9H8N2OS2. The molecule has 0 radical (unpaired) electrons. The molecule has 0 unspecified atom stereocenters. The van der Waals surface area contributed by atoms with Gasteiger partial charge in [-0.15, -0.1) is 16.4 Å². The number of hydrogen-bond donors (Lipinski definition) is 0. The lowest BCUT2D eigenvalue weighted by Crippen LogP contribution is -2.02.